The van der Waals surface area contributed by atoms with Gasteiger partial charge < -0.3 is 19.9 Å². The van der Waals surface area contributed by atoms with Gasteiger partial charge in [0.15, 0.2) is 5.96 Å². The predicted octanol–water partition coefficient (Wildman–Crippen LogP) is 3.12. The fourth-order valence-corrected chi connectivity index (χ4v) is 2.92. The van der Waals surface area contributed by atoms with Crippen LogP contribution in [0.3, 0.4) is 0 Å². The van der Waals surface area contributed by atoms with Crippen LogP contribution >= 0.6 is 24.0 Å². The largest absolute Gasteiger partial charge is 0.367 e. The molecule has 0 radical (unpaired) electrons. The quantitative estimate of drug-likeness (QED) is 0.401. The molecule has 2 rings (SSSR count). The number of benzene rings is 1. The number of aliphatic imine (C=N–C) groups is 1. The summed E-state index contributed by atoms with van der Waals surface area (Å²) >= 11 is 0. The van der Waals surface area contributed by atoms with E-state index in [4.69, 9.17) is 4.74 Å². The fraction of sp³-hybridized carbons (Fsp3) is 0.632. The Morgan fingerprint density at radius 2 is 2.00 bits per heavy atom. The minimum Gasteiger partial charge on any atom is -0.367 e. The monoisotopic (exact) mass is 478 g/mol. The summed E-state index contributed by atoms with van der Waals surface area (Å²) in [6.45, 7) is 9.72. The van der Waals surface area contributed by atoms with E-state index in [1.165, 1.54) is 12.1 Å². The third kappa shape index (κ3) is 6.66. The van der Waals surface area contributed by atoms with Crippen LogP contribution in [0.25, 0.3) is 0 Å². The number of rotatable bonds is 5. The first-order chi connectivity index (χ1) is 11.9. The molecule has 7 heteroatoms. The summed E-state index contributed by atoms with van der Waals surface area (Å²) in [5.74, 6) is 0.663. The van der Waals surface area contributed by atoms with Crippen molar-refractivity contribution in [3.05, 3.63) is 35.6 Å². The van der Waals surface area contributed by atoms with Crippen LogP contribution in [0.1, 0.15) is 32.4 Å². The van der Waals surface area contributed by atoms with Crippen molar-refractivity contribution in [1.82, 2.24) is 15.1 Å². The molecule has 1 aromatic rings. The first-order valence-electron chi connectivity index (χ1n) is 8.97. The van der Waals surface area contributed by atoms with E-state index >= 15 is 0 Å². The Morgan fingerprint density at radius 1 is 1.35 bits per heavy atom. The van der Waals surface area contributed by atoms with Crippen LogP contribution in [0.15, 0.2) is 29.3 Å². The Morgan fingerprint density at radius 3 is 2.58 bits per heavy atom. The minimum absolute atomic E-state index is 0. The molecule has 1 fully saturated rings. The Bertz CT molecular complexity index is 567. The molecule has 1 aliphatic rings. The Kier molecular flexibility index (Phi) is 9.81. The van der Waals surface area contributed by atoms with Gasteiger partial charge in [-0.05, 0) is 45.5 Å². The summed E-state index contributed by atoms with van der Waals surface area (Å²) in [6.07, 6.45) is 0.00179. The number of nitrogens with zero attached hydrogens (tertiary/aromatic N) is 3. The topological polar surface area (TPSA) is 40.1 Å². The summed E-state index contributed by atoms with van der Waals surface area (Å²) < 4.78 is 19.2. The van der Waals surface area contributed by atoms with Crippen molar-refractivity contribution in [3.63, 3.8) is 0 Å². The molecule has 0 aliphatic carbocycles. The van der Waals surface area contributed by atoms with Crippen molar-refractivity contribution in [1.29, 1.82) is 0 Å². The summed E-state index contributed by atoms with van der Waals surface area (Å²) in [7, 11) is 3.93. The lowest BCUT2D eigenvalue weighted by Gasteiger charge is -2.39. The molecule has 26 heavy (non-hydrogen) atoms. The molecule has 1 saturated heterocycles. The van der Waals surface area contributed by atoms with Crippen molar-refractivity contribution >= 4 is 29.9 Å². The highest BCUT2D eigenvalue weighted by atomic mass is 127. The Balaban J connectivity index is 0.00000338. The molecule has 1 N–H and O–H groups in total. The number of guanidine groups is 1. The van der Waals surface area contributed by atoms with Crippen LogP contribution in [-0.2, 0) is 4.74 Å². The van der Waals surface area contributed by atoms with Crippen LogP contribution < -0.4 is 5.32 Å². The second-order valence-electron chi connectivity index (χ2n) is 6.94. The zero-order chi connectivity index (χ0) is 18.4. The van der Waals surface area contributed by atoms with Crippen molar-refractivity contribution < 1.29 is 9.13 Å². The number of ether oxygens (including phenoxy) is 1. The number of halogens is 2. The van der Waals surface area contributed by atoms with Crippen LogP contribution in [-0.4, -0.2) is 68.2 Å². The molecule has 5 nitrogen and oxygen atoms in total. The Hall–Kier alpha value is -0.930. The summed E-state index contributed by atoms with van der Waals surface area (Å²) in [6, 6.07) is 7.08. The summed E-state index contributed by atoms with van der Waals surface area (Å²) in [4.78, 5) is 8.94. The van der Waals surface area contributed by atoms with Gasteiger partial charge in [0.05, 0.1) is 12.6 Å². The number of nitrogens with one attached hydrogen (secondary N) is 1. The number of hydrogen-bond acceptors (Lipinski definition) is 3. The Labute approximate surface area is 174 Å². The molecular formula is C19H32FIN4O. The van der Waals surface area contributed by atoms with Gasteiger partial charge in [0.25, 0.3) is 0 Å². The van der Waals surface area contributed by atoms with E-state index in [9.17, 15) is 4.39 Å². The molecular weight excluding hydrogens is 446 g/mol. The molecule has 148 valence electrons. The van der Waals surface area contributed by atoms with E-state index in [-0.39, 0.29) is 42.0 Å². The highest BCUT2D eigenvalue weighted by Crippen LogP contribution is 2.25. The summed E-state index contributed by atoms with van der Waals surface area (Å²) in [5, 5.41) is 3.45. The van der Waals surface area contributed by atoms with Gasteiger partial charge in [-0.25, -0.2) is 4.39 Å². The first kappa shape index (κ1) is 23.1. The first-order valence-corrected chi connectivity index (χ1v) is 8.97. The predicted molar refractivity (Wildman–Crippen MR) is 116 cm³/mol. The van der Waals surface area contributed by atoms with Crippen molar-refractivity contribution in [2.45, 2.75) is 39.0 Å². The van der Waals surface area contributed by atoms with Crippen molar-refractivity contribution in [2.24, 2.45) is 4.99 Å². The molecule has 0 bridgehead atoms. The number of hydrogen-bond donors (Lipinski definition) is 1. The zero-order valence-corrected chi connectivity index (χ0v) is 18.7. The van der Waals surface area contributed by atoms with Gasteiger partial charge >= 0.3 is 0 Å². The smallest absolute Gasteiger partial charge is 0.193 e. The maximum Gasteiger partial charge on any atom is 0.193 e. The average Bonchev–Trinajstić information content (AvgIpc) is 2.58. The lowest BCUT2D eigenvalue weighted by molar-refractivity contribution is -0.0605. The van der Waals surface area contributed by atoms with Gasteiger partial charge in [-0.1, -0.05) is 12.1 Å². The lowest BCUT2D eigenvalue weighted by Crippen LogP contribution is -2.51. The van der Waals surface area contributed by atoms with Gasteiger partial charge in [-0.2, -0.15) is 0 Å². The van der Waals surface area contributed by atoms with Crippen molar-refractivity contribution in [2.75, 3.05) is 40.3 Å². The molecule has 0 spiro atoms. The SMILES string of the molecule is CN=C(NCCN(C)C(C)C)N1CC(C)OC(c2ccc(F)cc2)C1.I. The average molecular weight is 478 g/mol. The molecule has 2 unspecified atom stereocenters. The van der Waals surface area contributed by atoms with E-state index in [1.807, 2.05) is 7.05 Å². The molecule has 0 saturated carbocycles. The summed E-state index contributed by atoms with van der Waals surface area (Å²) in [5.41, 5.74) is 0.993. The van der Waals surface area contributed by atoms with Crippen molar-refractivity contribution in [3.8, 4) is 0 Å². The molecule has 1 heterocycles. The minimum atomic E-state index is -0.226. The standard InChI is InChI=1S/C19H31FN4O.HI/c1-14(2)23(5)11-10-22-19(21-4)24-12-15(3)25-18(13-24)16-6-8-17(20)9-7-16;/h6-9,14-15,18H,10-13H2,1-5H3,(H,21,22);1H. The molecule has 2 atom stereocenters. The second kappa shape index (κ2) is 11.0. The third-order valence-corrected chi connectivity index (χ3v) is 4.64. The van der Waals surface area contributed by atoms with Gasteiger partial charge in [0.1, 0.15) is 11.9 Å². The fourth-order valence-electron chi connectivity index (χ4n) is 2.92. The maximum atomic E-state index is 13.2. The van der Waals surface area contributed by atoms with E-state index < -0.39 is 0 Å². The zero-order valence-electron chi connectivity index (χ0n) is 16.4. The maximum absolute atomic E-state index is 13.2. The molecule has 0 aromatic heterocycles. The van der Waals surface area contributed by atoms with E-state index in [0.717, 1.165) is 31.2 Å². The second-order valence-corrected chi connectivity index (χ2v) is 6.94. The highest BCUT2D eigenvalue weighted by molar-refractivity contribution is 14.0. The third-order valence-electron chi connectivity index (χ3n) is 4.64. The number of morpholine rings is 1. The van der Waals surface area contributed by atoms with Crippen LogP contribution in [0.4, 0.5) is 4.39 Å². The molecule has 1 aliphatic heterocycles. The number of likely N-dealkylation sites (N-methyl/N-ethyl adjacent to an activating group) is 1. The molecule has 1 aromatic carbocycles. The highest BCUT2D eigenvalue weighted by Gasteiger charge is 2.28. The van der Waals surface area contributed by atoms with Gasteiger partial charge in [-0.3, -0.25) is 4.99 Å². The van der Waals surface area contributed by atoms with Gasteiger partial charge in [-0.15, -0.1) is 24.0 Å². The van der Waals surface area contributed by atoms with E-state index in [2.05, 4.69) is 47.9 Å². The van der Waals surface area contributed by atoms with Crippen LogP contribution in [0.5, 0.6) is 0 Å². The van der Waals surface area contributed by atoms with E-state index in [1.54, 1.807) is 12.1 Å². The van der Waals surface area contributed by atoms with Crippen LogP contribution in [0, 0.1) is 5.82 Å². The normalized spacial score (nSPS) is 21.1. The van der Waals surface area contributed by atoms with Gasteiger partial charge in [0, 0.05) is 32.7 Å². The van der Waals surface area contributed by atoms with Gasteiger partial charge in [0.2, 0.25) is 0 Å². The van der Waals surface area contributed by atoms with E-state index in [0.29, 0.717) is 12.6 Å². The molecule has 0 amide bonds. The lowest BCUT2D eigenvalue weighted by atomic mass is 10.1. The van der Waals surface area contributed by atoms with Crippen LogP contribution in [0.2, 0.25) is 0 Å².